The molecule has 0 spiro atoms. The van der Waals surface area contributed by atoms with Crippen LogP contribution in [0.3, 0.4) is 0 Å². The Balaban J connectivity index is 2.34. The van der Waals surface area contributed by atoms with Crippen LogP contribution in [0.4, 0.5) is 0 Å². The Hall–Kier alpha value is 0.1000. The second-order valence-corrected chi connectivity index (χ2v) is 6.76. The van der Waals surface area contributed by atoms with E-state index >= 15 is 0 Å². The van der Waals surface area contributed by atoms with Gasteiger partial charge in [-0.2, -0.15) is 0 Å². The molecule has 0 saturated carbocycles. The van der Waals surface area contributed by atoms with Crippen LogP contribution in [0.5, 0.6) is 0 Å². The third-order valence-electron chi connectivity index (χ3n) is 2.66. The molecule has 0 bridgehead atoms. The number of aryl methyl sites for hydroxylation is 1. The zero-order valence-electron chi connectivity index (χ0n) is 10.5. The van der Waals surface area contributed by atoms with Gasteiger partial charge in [-0.3, -0.25) is 0 Å². The van der Waals surface area contributed by atoms with Gasteiger partial charge in [0.25, 0.3) is 0 Å². The predicted molar refractivity (Wildman–Crippen MR) is 76.2 cm³/mol. The highest BCUT2D eigenvalue weighted by molar-refractivity contribution is 9.11. The van der Waals surface area contributed by atoms with Crippen molar-refractivity contribution in [2.24, 2.45) is 0 Å². The van der Waals surface area contributed by atoms with Crippen LogP contribution in [0.2, 0.25) is 0 Å². The highest BCUT2D eigenvalue weighted by Crippen LogP contribution is 2.27. The van der Waals surface area contributed by atoms with Gasteiger partial charge in [0.1, 0.15) is 0 Å². The highest BCUT2D eigenvalue weighted by atomic mass is 79.9. The molecule has 0 aliphatic rings. The van der Waals surface area contributed by atoms with Crippen molar-refractivity contribution in [3.63, 3.8) is 0 Å². The van der Waals surface area contributed by atoms with Crippen molar-refractivity contribution in [3.05, 3.63) is 20.3 Å². The highest BCUT2D eigenvalue weighted by Gasteiger charge is 2.06. The largest absolute Gasteiger partial charge is 0.308 e. The molecule has 0 fully saturated rings. The summed E-state index contributed by atoms with van der Waals surface area (Å²) < 4.78 is 1.25. The molecule has 1 aromatic heterocycles. The van der Waals surface area contributed by atoms with Crippen LogP contribution in [-0.2, 0) is 6.54 Å². The van der Waals surface area contributed by atoms with E-state index in [4.69, 9.17) is 0 Å². The number of nitrogens with one attached hydrogen (secondary N) is 1. The van der Waals surface area contributed by atoms with Gasteiger partial charge < -0.3 is 10.2 Å². The first-order chi connectivity index (χ1) is 7.52. The van der Waals surface area contributed by atoms with Crippen LogP contribution in [0, 0.1) is 6.92 Å². The average molecular weight is 305 g/mol. The second kappa shape index (κ2) is 6.74. The SMILES string of the molecule is CCN(C)CC(C)NCc1cc(C)c(Br)s1. The van der Waals surface area contributed by atoms with Crippen molar-refractivity contribution in [1.29, 1.82) is 0 Å². The molecule has 0 saturated heterocycles. The maximum absolute atomic E-state index is 3.56. The van der Waals surface area contributed by atoms with Gasteiger partial charge in [-0.25, -0.2) is 0 Å². The lowest BCUT2D eigenvalue weighted by atomic mass is 10.3. The summed E-state index contributed by atoms with van der Waals surface area (Å²) in [4.78, 5) is 3.73. The number of likely N-dealkylation sites (N-methyl/N-ethyl adjacent to an activating group) is 1. The molecule has 1 aromatic rings. The molecule has 1 atom stereocenters. The maximum atomic E-state index is 3.56. The third kappa shape index (κ3) is 4.53. The molecule has 1 heterocycles. The minimum absolute atomic E-state index is 0.533. The van der Waals surface area contributed by atoms with Crippen LogP contribution in [0.1, 0.15) is 24.3 Å². The lowest BCUT2D eigenvalue weighted by molar-refractivity contribution is 0.310. The fraction of sp³-hybridized carbons (Fsp3) is 0.667. The van der Waals surface area contributed by atoms with Crippen molar-refractivity contribution in [2.75, 3.05) is 20.1 Å². The monoisotopic (exact) mass is 304 g/mol. The summed E-state index contributed by atoms with van der Waals surface area (Å²) in [6, 6.07) is 2.78. The van der Waals surface area contributed by atoms with Crippen molar-refractivity contribution >= 4 is 27.3 Å². The van der Waals surface area contributed by atoms with Gasteiger partial charge in [0.05, 0.1) is 3.79 Å². The number of halogens is 1. The van der Waals surface area contributed by atoms with E-state index in [1.807, 2.05) is 11.3 Å². The van der Waals surface area contributed by atoms with Gasteiger partial charge >= 0.3 is 0 Å². The van der Waals surface area contributed by atoms with Crippen LogP contribution in [0.15, 0.2) is 9.85 Å². The Morgan fingerprint density at radius 1 is 1.56 bits per heavy atom. The molecule has 1 N–H and O–H groups in total. The van der Waals surface area contributed by atoms with E-state index in [9.17, 15) is 0 Å². The van der Waals surface area contributed by atoms with Crippen molar-refractivity contribution < 1.29 is 0 Å². The summed E-state index contributed by atoms with van der Waals surface area (Å²) in [6.45, 7) is 9.74. The minimum Gasteiger partial charge on any atom is -0.308 e. The Bertz CT molecular complexity index is 305. The first-order valence-electron chi connectivity index (χ1n) is 5.69. The normalized spacial score (nSPS) is 13.4. The molecule has 0 amide bonds. The molecule has 4 heteroatoms. The molecule has 92 valence electrons. The molecule has 0 aromatic carbocycles. The summed E-state index contributed by atoms with van der Waals surface area (Å²) in [7, 11) is 2.16. The summed E-state index contributed by atoms with van der Waals surface area (Å²) in [6.07, 6.45) is 0. The summed E-state index contributed by atoms with van der Waals surface area (Å²) in [5, 5.41) is 3.55. The maximum Gasteiger partial charge on any atom is 0.0730 e. The van der Waals surface area contributed by atoms with Gasteiger partial charge in [0.2, 0.25) is 0 Å². The van der Waals surface area contributed by atoms with Crippen molar-refractivity contribution in [3.8, 4) is 0 Å². The van der Waals surface area contributed by atoms with Crippen molar-refractivity contribution in [1.82, 2.24) is 10.2 Å². The zero-order chi connectivity index (χ0) is 12.1. The summed E-state index contributed by atoms with van der Waals surface area (Å²) >= 11 is 5.38. The molecule has 0 aliphatic heterocycles. The number of hydrogen-bond acceptors (Lipinski definition) is 3. The van der Waals surface area contributed by atoms with Gasteiger partial charge in [0.15, 0.2) is 0 Å². The quantitative estimate of drug-likeness (QED) is 0.868. The standard InChI is InChI=1S/C12H21BrN2S/c1-5-15(4)8-10(3)14-7-11-6-9(2)12(13)16-11/h6,10,14H,5,7-8H2,1-4H3. The van der Waals surface area contributed by atoms with E-state index in [1.165, 1.54) is 14.2 Å². The van der Waals surface area contributed by atoms with E-state index in [0.29, 0.717) is 6.04 Å². The smallest absolute Gasteiger partial charge is 0.0730 e. The molecule has 1 unspecified atom stereocenters. The third-order valence-corrected chi connectivity index (χ3v) is 4.79. The minimum atomic E-state index is 0.533. The van der Waals surface area contributed by atoms with Crippen LogP contribution >= 0.6 is 27.3 Å². The average Bonchev–Trinajstić information content (AvgIpc) is 2.55. The van der Waals surface area contributed by atoms with Gasteiger partial charge in [-0.1, -0.05) is 6.92 Å². The van der Waals surface area contributed by atoms with Crippen LogP contribution in [0.25, 0.3) is 0 Å². The Morgan fingerprint density at radius 2 is 2.25 bits per heavy atom. The number of rotatable bonds is 6. The topological polar surface area (TPSA) is 15.3 Å². The Morgan fingerprint density at radius 3 is 2.75 bits per heavy atom. The summed E-state index contributed by atoms with van der Waals surface area (Å²) in [5.41, 5.74) is 1.33. The molecule has 0 radical (unpaired) electrons. The molecular formula is C12H21BrN2S. The fourth-order valence-electron chi connectivity index (χ4n) is 1.55. The lowest BCUT2D eigenvalue weighted by Gasteiger charge is -2.20. The Labute approximate surface area is 111 Å². The molecule has 2 nitrogen and oxygen atoms in total. The zero-order valence-corrected chi connectivity index (χ0v) is 12.9. The van der Waals surface area contributed by atoms with E-state index < -0.39 is 0 Å². The van der Waals surface area contributed by atoms with Gasteiger partial charge in [-0.15, -0.1) is 11.3 Å². The van der Waals surface area contributed by atoms with E-state index in [-0.39, 0.29) is 0 Å². The second-order valence-electron chi connectivity index (χ2n) is 4.31. The first kappa shape index (κ1) is 14.2. The molecular weight excluding hydrogens is 284 g/mol. The molecule has 0 aliphatic carbocycles. The lowest BCUT2D eigenvalue weighted by Crippen LogP contribution is -2.36. The van der Waals surface area contributed by atoms with Gasteiger partial charge in [-0.05, 0) is 55.0 Å². The van der Waals surface area contributed by atoms with Crippen molar-refractivity contribution in [2.45, 2.75) is 33.4 Å². The van der Waals surface area contributed by atoms with Crippen LogP contribution in [-0.4, -0.2) is 31.1 Å². The number of hydrogen-bond donors (Lipinski definition) is 1. The fourth-order valence-corrected chi connectivity index (χ4v) is 3.13. The van der Waals surface area contributed by atoms with E-state index in [0.717, 1.165) is 19.6 Å². The predicted octanol–water partition coefficient (Wildman–Crippen LogP) is 3.25. The molecule has 16 heavy (non-hydrogen) atoms. The summed E-state index contributed by atoms with van der Waals surface area (Å²) in [5.74, 6) is 0. The number of nitrogens with zero attached hydrogens (tertiary/aromatic N) is 1. The Kier molecular flexibility index (Phi) is 5.97. The van der Waals surface area contributed by atoms with E-state index in [2.05, 4.69) is 60.0 Å². The number of thiophene rings is 1. The first-order valence-corrected chi connectivity index (χ1v) is 7.30. The molecule has 1 rings (SSSR count). The van der Waals surface area contributed by atoms with E-state index in [1.54, 1.807) is 0 Å². The van der Waals surface area contributed by atoms with Crippen LogP contribution < -0.4 is 5.32 Å². The van der Waals surface area contributed by atoms with Gasteiger partial charge in [0, 0.05) is 24.0 Å².